The molecule has 2 rings (SSSR count). The van der Waals surface area contributed by atoms with Crippen LogP contribution in [0.2, 0.25) is 0 Å². The van der Waals surface area contributed by atoms with Crippen LogP contribution in [0.3, 0.4) is 0 Å². The van der Waals surface area contributed by atoms with E-state index in [2.05, 4.69) is 15.9 Å². The fourth-order valence-electron chi connectivity index (χ4n) is 2.43. The molecule has 5 heteroatoms. The Labute approximate surface area is 149 Å². The van der Waals surface area contributed by atoms with Gasteiger partial charge in [0.2, 0.25) is 4.32 Å². The molecule has 0 spiro atoms. The van der Waals surface area contributed by atoms with Gasteiger partial charge in [-0.15, -0.1) is 0 Å². The van der Waals surface area contributed by atoms with Crippen molar-refractivity contribution in [1.29, 1.82) is 10.5 Å². The molecule has 0 aliphatic carbocycles. The monoisotopic (exact) mass is 382 g/mol. The first-order valence-corrected chi connectivity index (χ1v) is 8.07. The van der Waals surface area contributed by atoms with E-state index in [4.69, 9.17) is 4.74 Å². The van der Waals surface area contributed by atoms with Crippen molar-refractivity contribution in [1.82, 2.24) is 0 Å². The lowest BCUT2D eigenvalue weighted by Crippen LogP contribution is -2.28. The number of alkyl halides is 1. The quantitative estimate of drug-likeness (QED) is 0.553. The molecule has 0 saturated carbocycles. The number of halogens is 1. The molecule has 0 radical (unpaired) electrons. The number of ether oxygens (including phenoxy) is 1. The van der Waals surface area contributed by atoms with Crippen LogP contribution in [0.1, 0.15) is 28.3 Å². The summed E-state index contributed by atoms with van der Waals surface area (Å²) in [6.45, 7) is 0. The number of hydrogen-bond donors (Lipinski definition) is 0. The highest BCUT2D eigenvalue weighted by Crippen LogP contribution is 2.39. The summed E-state index contributed by atoms with van der Waals surface area (Å²) in [4.78, 5) is 12.6. The van der Waals surface area contributed by atoms with E-state index in [0.29, 0.717) is 11.3 Å². The van der Waals surface area contributed by atoms with Crippen LogP contribution in [0, 0.1) is 22.7 Å². The first kappa shape index (κ1) is 17.7. The number of Topliss-reactive ketones (excluding diaryl/α,β-unsaturated/α-hetero) is 1. The lowest BCUT2D eigenvalue weighted by Gasteiger charge is -2.24. The maximum Gasteiger partial charge on any atom is 0.204 e. The van der Waals surface area contributed by atoms with Gasteiger partial charge in [0.05, 0.1) is 19.2 Å². The molecule has 4 nitrogen and oxygen atoms in total. The van der Waals surface area contributed by atoms with Gasteiger partial charge >= 0.3 is 0 Å². The predicted octanol–water partition coefficient (Wildman–Crippen LogP) is 4.23. The van der Waals surface area contributed by atoms with Crippen LogP contribution in [0.5, 0.6) is 5.75 Å². The van der Waals surface area contributed by atoms with Crippen LogP contribution >= 0.6 is 15.9 Å². The van der Waals surface area contributed by atoms with Crippen LogP contribution in [-0.2, 0) is 0 Å². The van der Waals surface area contributed by atoms with Gasteiger partial charge in [-0.1, -0.05) is 58.4 Å². The van der Waals surface area contributed by atoms with Crippen molar-refractivity contribution < 1.29 is 9.53 Å². The minimum Gasteiger partial charge on any atom is -0.497 e. The second-order valence-electron chi connectivity index (χ2n) is 5.25. The maximum atomic E-state index is 12.6. The molecular weight excluding hydrogens is 368 g/mol. The number of ketones is 1. The van der Waals surface area contributed by atoms with Crippen LogP contribution in [0.4, 0.5) is 0 Å². The van der Waals surface area contributed by atoms with E-state index in [1.807, 2.05) is 18.2 Å². The zero-order valence-electron chi connectivity index (χ0n) is 13.1. The number of carbonyl (C=O) groups excluding carboxylic acids is 1. The fourth-order valence-corrected chi connectivity index (χ4v) is 2.86. The third kappa shape index (κ3) is 3.82. The van der Waals surface area contributed by atoms with Crippen LogP contribution in [-0.4, -0.2) is 17.2 Å². The first-order valence-electron chi connectivity index (χ1n) is 7.27. The van der Waals surface area contributed by atoms with Gasteiger partial charge in [-0.2, -0.15) is 10.5 Å². The van der Waals surface area contributed by atoms with Crippen LogP contribution in [0.15, 0.2) is 54.6 Å². The SMILES string of the molecule is COc1ccc([C@@H](CC(=O)c2ccccc2)C(Br)(C#N)C#N)cc1. The molecule has 0 N–H and O–H groups in total. The van der Waals surface area contributed by atoms with Gasteiger partial charge in [0, 0.05) is 17.9 Å². The molecule has 0 aromatic heterocycles. The molecule has 2 aromatic carbocycles. The molecule has 120 valence electrons. The number of hydrogen-bond acceptors (Lipinski definition) is 4. The normalized spacial score (nSPS) is 11.8. The highest BCUT2D eigenvalue weighted by molar-refractivity contribution is 9.10. The van der Waals surface area contributed by atoms with Crippen LogP contribution in [0.25, 0.3) is 0 Å². The minimum absolute atomic E-state index is 0.0444. The van der Waals surface area contributed by atoms with Gasteiger partial charge in [-0.3, -0.25) is 4.79 Å². The summed E-state index contributed by atoms with van der Waals surface area (Å²) >= 11 is 3.22. The van der Waals surface area contributed by atoms with Gasteiger partial charge in [0.1, 0.15) is 5.75 Å². The lowest BCUT2D eigenvalue weighted by molar-refractivity contribution is 0.0972. The summed E-state index contributed by atoms with van der Waals surface area (Å²) in [7, 11) is 1.56. The third-order valence-electron chi connectivity index (χ3n) is 3.81. The van der Waals surface area contributed by atoms with Crippen molar-refractivity contribution in [3.8, 4) is 17.9 Å². The summed E-state index contributed by atoms with van der Waals surface area (Å²) in [5.74, 6) is -0.0576. The third-order valence-corrected chi connectivity index (χ3v) is 4.72. The maximum absolute atomic E-state index is 12.6. The molecule has 24 heavy (non-hydrogen) atoms. The van der Waals surface area contributed by atoms with Gasteiger partial charge in [-0.25, -0.2) is 0 Å². The van der Waals surface area contributed by atoms with Gasteiger partial charge in [0.25, 0.3) is 0 Å². The smallest absolute Gasteiger partial charge is 0.204 e. The molecule has 0 unspecified atom stereocenters. The lowest BCUT2D eigenvalue weighted by atomic mass is 9.82. The number of rotatable bonds is 6. The van der Waals surface area contributed by atoms with Gasteiger partial charge in [0.15, 0.2) is 5.78 Å². The zero-order valence-corrected chi connectivity index (χ0v) is 14.7. The van der Waals surface area contributed by atoms with Gasteiger partial charge in [-0.05, 0) is 17.7 Å². The van der Waals surface area contributed by atoms with E-state index < -0.39 is 10.2 Å². The molecule has 1 atom stereocenters. The van der Waals surface area contributed by atoms with Crippen molar-refractivity contribution >= 4 is 21.7 Å². The summed E-state index contributed by atoms with van der Waals surface area (Å²) in [6.07, 6.45) is 0.0444. The topological polar surface area (TPSA) is 73.9 Å². The largest absolute Gasteiger partial charge is 0.497 e. The van der Waals surface area contributed by atoms with E-state index in [9.17, 15) is 15.3 Å². The summed E-state index contributed by atoms with van der Waals surface area (Å²) in [5.41, 5.74) is 1.28. The predicted molar refractivity (Wildman–Crippen MR) is 94.0 cm³/mol. The summed E-state index contributed by atoms with van der Waals surface area (Å²) in [6, 6.07) is 19.8. The van der Waals surface area contributed by atoms with Crippen molar-refractivity contribution in [2.75, 3.05) is 7.11 Å². The molecule has 0 bridgehead atoms. The molecule has 0 amide bonds. The Morgan fingerprint density at radius 1 is 1.12 bits per heavy atom. The van der Waals surface area contributed by atoms with Crippen molar-refractivity contribution in [3.63, 3.8) is 0 Å². The Morgan fingerprint density at radius 3 is 2.21 bits per heavy atom. The van der Waals surface area contributed by atoms with Crippen LogP contribution < -0.4 is 4.74 Å². The summed E-state index contributed by atoms with van der Waals surface area (Å²) in [5, 5.41) is 18.9. The van der Waals surface area contributed by atoms with Gasteiger partial charge < -0.3 is 4.74 Å². The van der Waals surface area contributed by atoms with Crippen molar-refractivity contribution in [2.45, 2.75) is 16.7 Å². The van der Waals surface area contributed by atoms with Crippen molar-refractivity contribution in [3.05, 3.63) is 65.7 Å². The Hall–Kier alpha value is -2.63. The molecule has 0 aliphatic rings. The average molecular weight is 383 g/mol. The number of carbonyl (C=O) groups is 1. The summed E-state index contributed by atoms with van der Waals surface area (Å²) < 4.78 is 3.65. The molecule has 0 fully saturated rings. The number of nitriles is 2. The average Bonchev–Trinajstić information content (AvgIpc) is 2.66. The molecule has 0 saturated heterocycles. The molecule has 0 aliphatic heterocycles. The Bertz CT molecular complexity index is 775. The second-order valence-corrected chi connectivity index (χ2v) is 6.51. The first-order chi connectivity index (χ1) is 11.5. The zero-order chi connectivity index (χ0) is 17.6. The fraction of sp³-hybridized carbons (Fsp3) is 0.211. The van der Waals surface area contributed by atoms with E-state index in [0.717, 1.165) is 5.56 Å². The molecule has 0 heterocycles. The standard InChI is InChI=1S/C19H15BrN2O2/c1-24-16-9-7-14(8-10-16)17(19(20,12-21)13-22)11-18(23)15-5-3-2-4-6-15/h2-10,17H,11H2,1H3/t17-/m1/s1. The highest BCUT2D eigenvalue weighted by Gasteiger charge is 2.39. The number of methoxy groups -OCH3 is 1. The number of benzene rings is 2. The molecular formula is C19H15BrN2O2. The Kier molecular flexibility index (Phi) is 5.73. The van der Waals surface area contributed by atoms with E-state index in [-0.39, 0.29) is 12.2 Å². The molecule has 2 aromatic rings. The number of nitrogens with zero attached hydrogens (tertiary/aromatic N) is 2. The van der Waals surface area contributed by atoms with Crippen molar-refractivity contribution in [2.24, 2.45) is 0 Å². The van der Waals surface area contributed by atoms with E-state index >= 15 is 0 Å². The Balaban J connectivity index is 2.38. The minimum atomic E-state index is -1.48. The van der Waals surface area contributed by atoms with E-state index in [1.54, 1.807) is 55.6 Å². The second kappa shape index (κ2) is 7.77. The van der Waals surface area contributed by atoms with E-state index in [1.165, 1.54) is 0 Å². The Morgan fingerprint density at radius 2 is 1.71 bits per heavy atom. The highest BCUT2D eigenvalue weighted by atomic mass is 79.9.